The van der Waals surface area contributed by atoms with E-state index in [0.29, 0.717) is 5.02 Å². The summed E-state index contributed by atoms with van der Waals surface area (Å²) in [6.07, 6.45) is 13.9. The molecule has 160 valence electrons. The van der Waals surface area contributed by atoms with E-state index in [4.69, 9.17) is 16.3 Å². The van der Waals surface area contributed by atoms with Crippen LogP contribution in [0.4, 0.5) is 4.39 Å². The Kier molecular flexibility index (Phi) is 6.83. The molecule has 0 bridgehead atoms. The number of ether oxygens (including phenoxy) is 1. The van der Waals surface area contributed by atoms with Crippen LogP contribution in [0.1, 0.15) is 77.6 Å². The van der Waals surface area contributed by atoms with Crippen molar-refractivity contribution in [3.8, 4) is 5.75 Å². The first-order valence-corrected chi connectivity index (χ1v) is 12.1. The van der Waals surface area contributed by atoms with Gasteiger partial charge < -0.3 is 4.74 Å². The predicted molar refractivity (Wildman–Crippen MR) is 114 cm³/mol. The van der Waals surface area contributed by atoms with E-state index in [9.17, 15) is 9.18 Å². The van der Waals surface area contributed by atoms with Crippen LogP contribution in [0.2, 0.25) is 5.02 Å². The number of esters is 1. The van der Waals surface area contributed by atoms with Crippen LogP contribution in [0.3, 0.4) is 0 Å². The van der Waals surface area contributed by atoms with Crippen LogP contribution in [-0.4, -0.2) is 5.97 Å². The molecule has 1 aromatic carbocycles. The van der Waals surface area contributed by atoms with Crippen molar-refractivity contribution in [2.24, 2.45) is 35.5 Å². The highest BCUT2D eigenvalue weighted by atomic mass is 35.5. The van der Waals surface area contributed by atoms with Gasteiger partial charge in [-0.05, 0) is 106 Å². The molecule has 0 radical (unpaired) electrons. The molecule has 4 heteroatoms. The van der Waals surface area contributed by atoms with Crippen molar-refractivity contribution in [1.29, 1.82) is 0 Å². The van der Waals surface area contributed by atoms with Gasteiger partial charge in [0, 0.05) is 5.02 Å². The molecule has 2 nitrogen and oxygen atoms in total. The molecule has 0 N–H and O–H groups in total. The zero-order valence-electron chi connectivity index (χ0n) is 17.5. The number of benzene rings is 1. The van der Waals surface area contributed by atoms with E-state index < -0.39 is 5.82 Å². The van der Waals surface area contributed by atoms with Crippen molar-refractivity contribution < 1.29 is 13.9 Å². The lowest BCUT2D eigenvalue weighted by atomic mass is 9.61. The van der Waals surface area contributed by atoms with Gasteiger partial charge in [0.05, 0.1) is 5.92 Å². The maximum absolute atomic E-state index is 13.9. The van der Waals surface area contributed by atoms with E-state index in [2.05, 4.69) is 6.92 Å². The number of rotatable bonds is 4. The molecule has 0 amide bonds. The number of hydrogen-bond acceptors (Lipinski definition) is 2. The maximum atomic E-state index is 13.9. The Morgan fingerprint density at radius 1 is 0.966 bits per heavy atom. The van der Waals surface area contributed by atoms with Gasteiger partial charge in [0.15, 0.2) is 11.6 Å². The van der Waals surface area contributed by atoms with Crippen LogP contribution >= 0.6 is 11.6 Å². The molecule has 0 spiro atoms. The number of fused-ring (bicyclic) bond motifs is 1. The summed E-state index contributed by atoms with van der Waals surface area (Å²) < 4.78 is 19.2. The number of carbonyl (C=O) groups is 1. The van der Waals surface area contributed by atoms with Crippen LogP contribution in [0.15, 0.2) is 18.2 Å². The summed E-state index contributed by atoms with van der Waals surface area (Å²) in [7, 11) is 0. The van der Waals surface area contributed by atoms with Crippen molar-refractivity contribution in [1.82, 2.24) is 0 Å². The third kappa shape index (κ3) is 4.98. The fraction of sp³-hybridized carbons (Fsp3) is 0.720. The summed E-state index contributed by atoms with van der Waals surface area (Å²) in [5, 5.41) is 0.306. The summed E-state index contributed by atoms with van der Waals surface area (Å²) in [6.45, 7) is 2.35. The molecule has 3 saturated carbocycles. The summed E-state index contributed by atoms with van der Waals surface area (Å²) >= 11 is 5.77. The maximum Gasteiger partial charge on any atom is 0.314 e. The smallest absolute Gasteiger partial charge is 0.314 e. The Balaban J connectivity index is 1.26. The van der Waals surface area contributed by atoms with Gasteiger partial charge in [0.2, 0.25) is 0 Å². The molecule has 0 aromatic heterocycles. The summed E-state index contributed by atoms with van der Waals surface area (Å²) in [4.78, 5) is 12.5. The van der Waals surface area contributed by atoms with Gasteiger partial charge >= 0.3 is 5.97 Å². The van der Waals surface area contributed by atoms with Crippen LogP contribution < -0.4 is 4.74 Å². The fourth-order valence-corrected chi connectivity index (χ4v) is 6.56. The van der Waals surface area contributed by atoms with Crippen LogP contribution in [0.25, 0.3) is 0 Å². The largest absolute Gasteiger partial charge is 0.423 e. The molecule has 29 heavy (non-hydrogen) atoms. The van der Waals surface area contributed by atoms with E-state index in [-0.39, 0.29) is 17.6 Å². The Hall–Kier alpha value is -1.09. The highest BCUT2D eigenvalue weighted by Crippen LogP contribution is 2.49. The lowest BCUT2D eigenvalue weighted by molar-refractivity contribution is -0.140. The third-order valence-electron chi connectivity index (χ3n) is 8.22. The van der Waals surface area contributed by atoms with Crippen molar-refractivity contribution in [2.75, 3.05) is 0 Å². The SMILES string of the molecule is CCC1CCC2CC(C3CCC(C(=O)Oc4ccc(Cl)cc4F)CC3)CCC2C1. The highest BCUT2D eigenvalue weighted by molar-refractivity contribution is 6.30. The first-order chi connectivity index (χ1) is 14.0. The second-order valence-electron chi connectivity index (χ2n) is 9.79. The lowest BCUT2D eigenvalue weighted by Crippen LogP contribution is -2.35. The monoisotopic (exact) mass is 420 g/mol. The Morgan fingerprint density at radius 2 is 1.59 bits per heavy atom. The summed E-state index contributed by atoms with van der Waals surface area (Å²) in [5.41, 5.74) is 0. The zero-order chi connectivity index (χ0) is 20.4. The minimum atomic E-state index is -0.575. The molecule has 1 aromatic rings. The van der Waals surface area contributed by atoms with Crippen LogP contribution in [0, 0.1) is 41.3 Å². The summed E-state index contributed by atoms with van der Waals surface area (Å²) in [6, 6.07) is 4.17. The van der Waals surface area contributed by atoms with Gasteiger partial charge in [0.25, 0.3) is 0 Å². The van der Waals surface area contributed by atoms with Gasteiger partial charge in [-0.15, -0.1) is 0 Å². The van der Waals surface area contributed by atoms with E-state index in [1.807, 2.05) is 0 Å². The quantitative estimate of drug-likeness (QED) is 0.373. The molecule has 0 heterocycles. The van der Waals surface area contributed by atoms with E-state index >= 15 is 0 Å². The first kappa shape index (κ1) is 21.2. The number of carbonyl (C=O) groups excluding carboxylic acids is 1. The van der Waals surface area contributed by atoms with E-state index in [1.54, 1.807) is 6.07 Å². The van der Waals surface area contributed by atoms with Crippen molar-refractivity contribution in [3.05, 3.63) is 29.0 Å². The lowest BCUT2D eigenvalue weighted by Gasteiger charge is -2.45. The molecule has 3 aliphatic carbocycles. The molecule has 4 rings (SSSR count). The minimum Gasteiger partial charge on any atom is -0.423 e. The Bertz CT molecular complexity index is 713. The predicted octanol–water partition coefficient (Wildman–Crippen LogP) is 7.43. The fourth-order valence-electron chi connectivity index (χ4n) is 6.40. The van der Waals surface area contributed by atoms with E-state index in [1.165, 1.54) is 57.1 Å². The van der Waals surface area contributed by atoms with Gasteiger partial charge in [-0.2, -0.15) is 0 Å². The molecule has 3 fully saturated rings. The Morgan fingerprint density at radius 3 is 2.28 bits per heavy atom. The number of hydrogen-bond donors (Lipinski definition) is 0. The second-order valence-corrected chi connectivity index (χ2v) is 10.2. The molecule has 0 saturated heterocycles. The van der Waals surface area contributed by atoms with E-state index in [0.717, 1.165) is 55.3 Å². The van der Waals surface area contributed by atoms with Gasteiger partial charge in [-0.25, -0.2) is 4.39 Å². The summed E-state index contributed by atoms with van der Waals surface area (Å²) in [5.74, 6) is 3.54. The second kappa shape index (κ2) is 9.37. The average Bonchev–Trinajstić information content (AvgIpc) is 2.75. The molecule has 3 aliphatic rings. The standard InChI is InChI=1S/C25H34ClFO2/c1-2-16-3-4-21-14-20(10-9-19(21)13-16)17-5-7-18(8-6-17)25(28)29-24-12-11-22(26)15-23(24)27/h11-12,15-21H,2-10,13-14H2,1H3. The topological polar surface area (TPSA) is 26.3 Å². The van der Waals surface area contributed by atoms with Crippen molar-refractivity contribution in [3.63, 3.8) is 0 Å². The number of halogens is 2. The Labute approximate surface area is 179 Å². The normalized spacial score (nSPS) is 35.0. The highest BCUT2D eigenvalue weighted by Gasteiger charge is 2.39. The minimum absolute atomic E-state index is 0.0115. The molecule has 0 aliphatic heterocycles. The van der Waals surface area contributed by atoms with Gasteiger partial charge in [0.1, 0.15) is 0 Å². The third-order valence-corrected chi connectivity index (χ3v) is 8.45. The van der Waals surface area contributed by atoms with Crippen molar-refractivity contribution >= 4 is 17.6 Å². The first-order valence-electron chi connectivity index (χ1n) is 11.7. The van der Waals surface area contributed by atoms with Crippen LogP contribution in [-0.2, 0) is 4.79 Å². The van der Waals surface area contributed by atoms with Crippen LogP contribution in [0.5, 0.6) is 5.75 Å². The van der Waals surface area contributed by atoms with Gasteiger partial charge in [-0.1, -0.05) is 31.4 Å². The van der Waals surface area contributed by atoms with Gasteiger partial charge in [-0.3, -0.25) is 4.79 Å². The van der Waals surface area contributed by atoms with Crippen molar-refractivity contribution in [2.45, 2.75) is 77.6 Å². The molecule has 4 unspecified atom stereocenters. The zero-order valence-corrected chi connectivity index (χ0v) is 18.3. The molecule has 4 atom stereocenters. The molecular formula is C25H34ClFO2. The average molecular weight is 421 g/mol. The molecular weight excluding hydrogens is 387 g/mol.